The summed E-state index contributed by atoms with van der Waals surface area (Å²) in [6.07, 6.45) is 1.54. The van der Waals surface area contributed by atoms with Crippen LogP contribution in [-0.2, 0) is 32.6 Å². The Labute approximate surface area is 178 Å². The van der Waals surface area contributed by atoms with E-state index >= 15 is 0 Å². The minimum absolute atomic E-state index is 0.160. The van der Waals surface area contributed by atoms with Crippen molar-refractivity contribution in [2.24, 2.45) is 0 Å². The van der Waals surface area contributed by atoms with Crippen LogP contribution in [0.25, 0.3) is 0 Å². The molecule has 0 atom stereocenters. The van der Waals surface area contributed by atoms with E-state index in [1.165, 1.54) is 0 Å². The number of carbonyl (C=O) groups excluding carboxylic acids is 1. The van der Waals surface area contributed by atoms with Crippen LogP contribution in [0.5, 0.6) is 0 Å². The molecule has 1 N–H and O–H groups in total. The maximum Gasteiger partial charge on any atom is 0.246 e. The quantitative estimate of drug-likeness (QED) is 0.690. The summed E-state index contributed by atoms with van der Waals surface area (Å²) >= 11 is 0. The summed E-state index contributed by atoms with van der Waals surface area (Å²) in [7, 11) is -4.42. The Bertz CT molecular complexity index is 1070. The summed E-state index contributed by atoms with van der Waals surface area (Å²) in [4.78, 5) is 24.0. The monoisotopic (exact) mass is 453 g/mol. The number of nitrogens with one attached hydrogen (secondary N) is 1. The zero-order valence-corrected chi connectivity index (χ0v) is 17.4. The predicted molar refractivity (Wildman–Crippen MR) is 105 cm³/mol. The molecular formula is C19H21F2N5O4S. The first kappa shape index (κ1) is 21.5. The molecule has 31 heavy (non-hydrogen) atoms. The third-order valence-electron chi connectivity index (χ3n) is 5.11. The SMILES string of the molecule is O=C(CCNS(=O)(=O)c1c(F)cccc1F)N1Cc2cnc(N3CCOCC3)nc2C1. The van der Waals surface area contributed by atoms with Crippen molar-refractivity contribution in [2.75, 3.05) is 37.7 Å². The van der Waals surface area contributed by atoms with Crippen LogP contribution < -0.4 is 9.62 Å². The zero-order valence-electron chi connectivity index (χ0n) is 16.6. The molecule has 166 valence electrons. The largest absolute Gasteiger partial charge is 0.378 e. The number of rotatable bonds is 6. The molecule has 0 unspecified atom stereocenters. The Morgan fingerprint density at radius 1 is 1.16 bits per heavy atom. The third-order valence-corrected chi connectivity index (χ3v) is 6.62. The van der Waals surface area contributed by atoms with E-state index in [9.17, 15) is 22.0 Å². The van der Waals surface area contributed by atoms with E-state index in [1.807, 2.05) is 4.90 Å². The van der Waals surface area contributed by atoms with Crippen molar-refractivity contribution in [3.05, 3.63) is 47.3 Å². The lowest BCUT2D eigenvalue weighted by molar-refractivity contribution is -0.131. The molecule has 2 aliphatic rings. The molecule has 1 aromatic carbocycles. The first-order valence-electron chi connectivity index (χ1n) is 9.74. The van der Waals surface area contributed by atoms with Crippen molar-refractivity contribution >= 4 is 21.9 Å². The van der Waals surface area contributed by atoms with Crippen molar-refractivity contribution in [2.45, 2.75) is 24.4 Å². The lowest BCUT2D eigenvalue weighted by atomic mass is 10.3. The molecule has 1 fully saturated rings. The first-order valence-corrected chi connectivity index (χ1v) is 11.2. The van der Waals surface area contributed by atoms with Crippen molar-refractivity contribution in [3.63, 3.8) is 0 Å². The number of benzene rings is 1. The number of hydrogen-bond acceptors (Lipinski definition) is 7. The van der Waals surface area contributed by atoms with E-state index in [4.69, 9.17) is 4.74 Å². The molecule has 0 radical (unpaired) electrons. The molecule has 1 amide bonds. The second-order valence-electron chi connectivity index (χ2n) is 7.19. The molecule has 1 aromatic heterocycles. The lowest BCUT2D eigenvalue weighted by Gasteiger charge is -2.26. The standard InChI is InChI=1S/C19H21F2N5O4S/c20-14-2-1-3-15(21)18(14)31(28,29)23-5-4-17(27)26-11-13-10-22-19(24-16(13)12-26)25-6-8-30-9-7-25/h1-3,10,23H,4-9,11-12H2. The molecule has 1 saturated heterocycles. The lowest BCUT2D eigenvalue weighted by Crippen LogP contribution is -2.37. The second kappa shape index (κ2) is 8.81. The van der Waals surface area contributed by atoms with Gasteiger partial charge < -0.3 is 14.5 Å². The number of fused-ring (bicyclic) bond motifs is 1. The molecule has 2 aliphatic heterocycles. The molecule has 9 nitrogen and oxygen atoms in total. The number of ether oxygens (including phenoxy) is 1. The summed E-state index contributed by atoms with van der Waals surface area (Å²) < 4.78 is 59.3. The first-order chi connectivity index (χ1) is 14.8. The van der Waals surface area contributed by atoms with Gasteiger partial charge in [0.2, 0.25) is 21.9 Å². The minimum Gasteiger partial charge on any atom is -0.378 e. The second-order valence-corrected chi connectivity index (χ2v) is 8.89. The average Bonchev–Trinajstić information content (AvgIpc) is 3.17. The predicted octanol–water partition coefficient (Wildman–Crippen LogP) is 0.802. The van der Waals surface area contributed by atoms with Gasteiger partial charge in [-0.3, -0.25) is 4.79 Å². The number of carbonyl (C=O) groups is 1. The van der Waals surface area contributed by atoms with Crippen LogP contribution in [0.15, 0.2) is 29.3 Å². The summed E-state index contributed by atoms with van der Waals surface area (Å²) in [5.41, 5.74) is 1.58. The van der Waals surface area contributed by atoms with Crippen molar-refractivity contribution in [1.82, 2.24) is 19.6 Å². The zero-order chi connectivity index (χ0) is 22.0. The molecule has 0 saturated carbocycles. The van der Waals surface area contributed by atoms with E-state index in [0.717, 1.165) is 29.5 Å². The van der Waals surface area contributed by atoms with Crippen LogP contribution in [0.1, 0.15) is 17.7 Å². The van der Waals surface area contributed by atoms with Gasteiger partial charge in [0.25, 0.3) is 0 Å². The van der Waals surface area contributed by atoms with Crippen LogP contribution >= 0.6 is 0 Å². The number of amides is 1. The normalized spacial score (nSPS) is 16.5. The van der Waals surface area contributed by atoms with Crippen molar-refractivity contribution < 1.29 is 26.7 Å². The van der Waals surface area contributed by atoms with Crippen LogP contribution in [0.4, 0.5) is 14.7 Å². The highest BCUT2D eigenvalue weighted by Gasteiger charge is 2.28. The topological polar surface area (TPSA) is 105 Å². The Balaban J connectivity index is 1.34. The molecular weight excluding hydrogens is 432 g/mol. The van der Waals surface area contributed by atoms with Gasteiger partial charge in [-0.15, -0.1) is 0 Å². The molecule has 0 spiro atoms. The van der Waals surface area contributed by atoms with E-state index in [1.54, 1.807) is 11.1 Å². The van der Waals surface area contributed by atoms with Gasteiger partial charge in [0.15, 0.2) is 4.90 Å². The summed E-state index contributed by atoms with van der Waals surface area (Å²) in [6.45, 7) is 2.95. The van der Waals surface area contributed by atoms with Crippen LogP contribution in [-0.4, -0.2) is 62.0 Å². The molecule has 0 bridgehead atoms. The fraction of sp³-hybridized carbons (Fsp3) is 0.421. The van der Waals surface area contributed by atoms with E-state index in [0.29, 0.717) is 45.3 Å². The van der Waals surface area contributed by atoms with Gasteiger partial charge in [-0.05, 0) is 12.1 Å². The van der Waals surface area contributed by atoms with Gasteiger partial charge in [0.05, 0.1) is 25.5 Å². The Hall–Kier alpha value is -2.70. The molecule has 2 aromatic rings. The minimum atomic E-state index is -4.42. The molecule has 3 heterocycles. The smallest absolute Gasteiger partial charge is 0.246 e. The van der Waals surface area contributed by atoms with E-state index in [2.05, 4.69) is 14.7 Å². The average molecular weight is 453 g/mol. The number of aromatic nitrogens is 2. The fourth-order valence-electron chi connectivity index (χ4n) is 3.50. The number of halogens is 2. The van der Waals surface area contributed by atoms with Gasteiger partial charge >= 0.3 is 0 Å². The third kappa shape index (κ3) is 4.65. The number of anilines is 1. The number of morpholine rings is 1. The molecule has 0 aliphatic carbocycles. The van der Waals surface area contributed by atoms with Gasteiger partial charge in [-0.1, -0.05) is 6.07 Å². The van der Waals surface area contributed by atoms with E-state index < -0.39 is 26.6 Å². The van der Waals surface area contributed by atoms with Crippen LogP contribution in [0, 0.1) is 11.6 Å². The van der Waals surface area contributed by atoms with E-state index in [-0.39, 0.29) is 18.9 Å². The fourth-order valence-corrected chi connectivity index (χ4v) is 4.66. The summed E-state index contributed by atoms with van der Waals surface area (Å²) in [5, 5.41) is 0. The maximum absolute atomic E-state index is 13.7. The highest BCUT2D eigenvalue weighted by atomic mass is 32.2. The number of sulfonamides is 1. The highest BCUT2D eigenvalue weighted by molar-refractivity contribution is 7.89. The Kier molecular flexibility index (Phi) is 6.12. The number of nitrogens with zero attached hydrogens (tertiary/aromatic N) is 4. The Morgan fingerprint density at radius 3 is 2.58 bits per heavy atom. The van der Waals surface area contributed by atoms with Crippen LogP contribution in [0.3, 0.4) is 0 Å². The Morgan fingerprint density at radius 2 is 1.87 bits per heavy atom. The van der Waals surface area contributed by atoms with Crippen LogP contribution in [0.2, 0.25) is 0 Å². The highest BCUT2D eigenvalue weighted by Crippen LogP contribution is 2.23. The van der Waals surface area contributed by atoms with Gasteiger partial charge in [0, 0.05) is 44.4 Å². The molecule has 4 rings (SSSR count). The summed E-state index contributed by atoms with van der Waals surface area (Å²) in [5.74, 6) is -2.09. The van der Waals surface area contributed by atoms with Crippen molar-refractivity contribution in [3.8, 4) is 0 Å². The molecule has 12 heteroatoms. The van der Waals surface area contributed by atoms with Gasteiger partial charge in [-0.25, -0.2) is 31.9 Å². The van der Waals surface area contributed by atoms with Gasteiger partial charge in [0.1, 0.15) is 11.6 Å². The van der Waals surface area contributed by atoms with Gasteiger partial charge in [-0.2, -0.15) is 0 Å². The van der Waals surface area contributed by atoms with Crippen molar-refractivity contribution in [1.29, 1.82) is 0 Å². The maximum atomic E-state index is 13.7. The number of hydrogen-bond donors (Lipinski definition) is 1. The summed E-state index contributed by atoms with van der Waals surface area (Å²) in [6, 6.07) is 2.79.